The third-order valence-electron chi connectivity index (χ3n) is 4.73. The summed E-state index contributed by atoms with van der Waals surface area (Å²) < 4.78 is 34.1. The maximum Gasteiger partial charge on any atom is 0.341 e. The van der Waals surface area contributed by atoms with Crippen LogP contribution in [0.4, 0.5) is 0 Å². The Bertz CT molecular complexity index is 931. The summed E-state index contributed by atoms with van der Waals surface area (Å²) in [4.78, 5) is 15.2. The van der Waals surface area contributed by atoms with Gasteiger partial charge in [0, 0.05) is 17.4 Å². The molecule has 0 unspecified atom stereocenters. The van der Waals surface area contributed by atoms with Crippen LogP contribution in [0.2, 0.25) is 0 Å². The first-order valence-electron chi connectivity index (χ1n) is 8.81. The number of hydrogen-bond acceptors (Lipinski definition) is 4. The molecule has 1 aromatic heterocycles. The largest absolute Gasteiger partial charge is 0.462 e. The molecule has 0 amide bonds. The fraction of sp³-hybridized carbons (Fsp3) is 0.421. The van der Waals surface area contributed by atoms with Crippen molar-refractivity contribution in [2.45, 2.75) is 51.0 Å². The molecule has 1 aromatic carbocycles. The molecule has 140 valence electrons. The van der Waals surface area contributed by atoms with Gasteiger partial charge >= 0.3 is 5.97 Å². The lowest BCUT2D eigenvalue weighted by Gasteiger charge is -2.26. The Morgan fingerprint density at radius 2 is 2.00 bits per heavy atom. The van der Waals surface area contributed by atoms with Gasteiger partial charge in [0.25, 0.3) is 0 Å². The zero-order valence-electron chi connectivity index (χ0n) is 15.3. The number of fused-ring (bicyclic) bond motifs is 1. The molecule has 1 aliphatic rings. The van der Waals surface area contributed by atoms with Crippen molar-refractivity contribution < 1.29 is 17.9 Å². The van der Waals surface area contributed by atoms with E-state index in [2.05, 4.69) is 9.71 Å². The lowest BCUT2D eigenvalue weighted by molar-refractivity contribution is 0.0521. The van der Waals surface area contributed by atoms with Crippen LogP contribution < -0.4 is 4.72 Å². The zero-order chi connectivity index (χ0) is 18.9. The highest BCUT2D eigenvalue weighted by Gasteiger charge is 2.33. The Kier molecular flexibility index (Phi) is 5.20. The number of benzene rings is 1. The molecular formula is C19H24N2O4S. The molecule has 0 saturated heterocycles. The van der Waals surface area contributed by atoms with Gasteiger partial charge in [0.1, 0.15) is 10.5 Å². The summed E-state index contributed by atoms with van der Waals surface area (Å²) in [5.74, 6) is -0.626. The lowest BCUT2D eigenvalue weighted by Crippen LogP contribution is -2.32. The molecule has 0 spiro atoms. The highest BCUT2D eigenvalue weighted by atomic mass is 32.2. The Balaban J connectivity index is 1.99. The van der Waals surface area contributed by atoms with Crippen molar-refractivity contribution in [1.82, 2.24) is 9.71 Å². The van der Waals surface area contributed by atoms with E-state index < -0.39 is 16.0 Å². The molecule has 2 N–H and O–H groups in total. The Labute approximate surface area is 154 Å². The van der Waals surface area contributed by atoms with Crippen LogP contribution in [0.5, 0.6) is 0 Å². The number of carbonyl (C=O) groups excluding carboxylic acids is 1. The number of sulfonamides is 1. The van der Waals surface area contributed by atoms with Gasteiger partial charge in [-0.2, -0.15) is 0 Å². The number of esters is 1. The zero-order valence-corrected chi connectivity index (χ0v) is 16.1. The molecular weight excluding hydrogens is 352 g/mol. The van der Waals surface area contributed by atoms with Crippen molar-refractivity contribution in [3.05, 3.63) is 52.3 Å². The number of aromatic amines is 1. The van der Waals surface area contributed by atoms with Gasteiger partial charge in [-0.1, -0.05) is 24.3 Å². The minimum Gasteiger partial charge on any atom is -0.462 e. The van der Waals surface area contributed by atoms with Crippen LogP contribution in [0.25, 0.3) is 0 Å². The minimum atomic E-state index is -3.89. The minimum absolute atomic E-state index is 0.0171. The van der Waals surface area contributed by atoms with Gasteiger partial charge in [-0.15, -0.1) is 0 Å². The summed E-state index contributed by atoms with van der Waals surface area (Å²) in [5.41, 5.74) is 3.18. The number of H-pyrrole nitrogens is 1. The van der Waals surface area contributed by atoms with Gasteiger partial charge in [-0.05, 0) is 51.2 Å². The fourth-order valence-corrected chi connectivity index (χ4v) is 5.36. The van der Waals surface area contributed by atoms with E-state index in [4.69, 9.17) is 4.74 Å². The maximum absolute atomic E-state index is 13.1. The number of carbonyl (C=O) groups is 1. The summed E-state index contributed by atoms with van der Waals surface area (Å²) in [7, 11) is -3.89. The van der Waals surface area contributed by atoms with E-state index in [0.717, 1.165) is 24.8 Å². The molecule has 2 aromatic rings. The second-order valence-electron chi connectivity index (χ2n) is 6.56. The van der Waals surface area contributed by atoms with E-state index in [1.807, 2.05) is 24.3 Å². The smallest absolute Gasteiger partial charge is 0.341 e. The lowest BCUT2D eigenvalue weighted by atomic mass is 9.88. The number of aromatic nitrogens is 1. The predicted molar refractivity (Wildman–Crippen MR) is 98.7 cm³/mol. The molecule has 0 radical (unpaired) electrons. The summed E-state index contributed by atoms with van der Waals surface area (Å²) in [6.45, 7) is 5.21. The van der Waals surface area contributed by atoms with Crippen LogP contribution in [0.15, 0.2) is 29.2 Å². The number of hydrogen-bond donors (Lipinski definition) is 2. The highest BCUT2D eigenvalue weighted by molar-refractivity contribution is 7.89. The van der Waals surface area contributed by atoms with Crippen molar-refractivity contribution in [3.8, 4) is 0 Å². The normalized spacial score (nSPS) is 17.0. The molecule has 1 heterocycles. The average Bonchev–Trinajstić information content (AvgIpc) is 2.90. The van der Waals surface area contributed by atoms with Crippen molar-refractivity contribution in [3.63, 3.8) is 0 Å². The number of rotatable bonds is 5. The monoisotopic (exact) mass is 376 g/mol. The summed E-state index contributed by atoms with van der Waals surface area (Å²) in [5, 5.41) is 0. The topological polar surface area (TPSA) is 88.3 Å². The molecule has 7 heteroatoms. The first-order valence-corrected chi connectivity index (χ1v) is 10.3. The molecule has 0 fully saturated rings. The first kappa shape index (κ1) is 18.7. The van der Waals surface area contributed by atoms with Crippen molar-refractivity contribution >= 4 is 16.0 Å². The number of ether oxygens (including phenoxy) is 1. The average molecular weight is 376 g/mol. The second kappa shape index (κ2) is 7.25. The van der Waals surface area contributed by atoms with E-state index in [1.165, 1.54) is 5.56 Å². The molecule has 0 saturated carbocycles. The first-order chi connectivity index (χ1) is 12.3. The fourth-order valence-electron chi connectivity index (χ4n) is 3.67. The van der Waals surface area contributed by atoms with Gasteiger partial charge in [-0.25, -0.2) is 17.9 Å². The Morgan fingerprint density at radius 1 is 1.27 bits per heavy atom. The van der Waals surface area contributed by atoms with Crippen LogP contribution in [0.3, 0.4) is 0 Å². The van der Waals surface area contributed by atoms with E-state index in [1.54, 1.807) is 20.8 Å². The number of aryl methyl sites for hydroxylation is 3. The van der Waals surface area contributed by atoms with Gasteiger partial charge in [0.05, 0.1) is 6.61 Å². The van der Waals surface area contributed by atoms with Gasteiger partial charge in [0.2, 0.25) is 10.0 Å². The summed E-state index contributed by atoms with van der Waals surface area (Å²) >= 11 is 0. The SMILES string of the molecule is CCOC(=O)c1c(C)[nH]c(C)c1S(=O)(=O)N[C@@H]1CCCc2ccccc21. The van der Waals surface area contributed by atoms with Gasteiger partial charge in [-0.3, -0.25) is 0 Å². The van der Waals surface area contributed by atoms with E-state index in [-0.39, 0.29) is 23.1 Å². The van der Waals surface area contributed by atoms with E-state index >= 15 is 0 Å². The molecule has 6 nitrogen and oxygen atoms in total. The van der Waals surface area contributed by atoms with Crippen LogP contribution in [0.1, 0.15) is 58.7 Å². The molecule has 1 atom stereocenters. The van der Waals surface area contributed by atoms with Crippen LogP contribution >= 0.6 is 0 Å². The standard InChI is InChI=1S/C19H24N2O4S/c1-4-25-19(22)17-12(2)20-13(3)18(17)26(23,24)21-16-11-7-9-14-8-5-6-10-15(14)16/h5-6,8,10,16,20-21H,4,7,9,11H2,1-3H3/t16-/m1/s1. The number of nitrogens with one attached hydrogen (secondary N) is 2. The Hall–Kier alpha value is -2.12. The molecule has 0 aliphatic heterocycles. The van der Waals surface area contributed by atoms with Gasteiger partial charge in [0.15, 0.2) is 0 Å². The van der Waals surface area contributed by atoms with E-state index in [9.17, 15) is 13.2 Å². The van der Waals surface area contributed by atoms with Crippen LogP contribution in [-0.4, -0.2) is 26.0 Å². The quantitative estimate of drug-likeness (QED) is 0.785. The van der Waals surface area contributed by atoms with Gasteiger partial charge < -0.3 is 9.72 Å². The summed E-state index contributed by atoms with van der Waals surface area (Å²) in [6, 6.07) is 7.58. The van der Waals surface area contributed by atoms with E-state index in [0.29, 0.717) is 11.4 Å². The third kappa shape index (κ3) is 3.41. The van der Waals surface area contributed by atoms with Crippen molar-refractivity contribution in [2.75, 3.05) is 6.61 Å². The Morgan fingerprint density at radius 3 is 2.73 bits per heavy atom. The molecule has 3 rings (SSSR count). The second-order valence-corrected chi connectivity index (χ2v) is 8.22. The molecule has 1 aliphatic carbocycles. The predicted octanol–water partition coefficient (Wildman–Crippen LogP) is 3.16. The maximum atomic E-state index is 13.1. The van der Waals surface area contributed by atoms with Crippen LogP contribution in [0, 0.1) is 13.8 Å². The molecule has 26 heavy (non-hydrogen) atoms. The summed E-state index contributed by atoms with van der Waals surface area (Å²) in [6.07, 6.45) is 2.60. The van der Waals surface area contributed by atoms with Crippen molar-refractivity contribution in [2.24, 2.45) is 0 Å². The third-order valence-corrected chi connectivity index (χ3v) is 6.38. The highest BCUT2D eigenvalue weighted by Crippen LogP contribution is 2.32. The molecule has 0 bridgehead atoms. The van der Waals surface area contributed by atoms with Crippen LogP contribution in [-0.2, 0) is 21.2 Å². The van der Waals surface area contributed by atoms with Crippen molar-refractivity contribution in [1.29, 1.82) is 0 Å².